The number of esters is 1. The Morgan fingerprint density at radius 3 is 2.65 bits per heavy atom. The lowest BCUT2D eigenvalue weighted by atomic mass is 9.83. The van der Waals surface area contributed by atoms with Crippen LogP contribution < -0.4 is 5.56 Å². The zero-order valence-corrected chi connectivity index (χ0v) is 20.6. The van der Waals surface area contributed by atoms with Crippen molar-refractivity contribution in [1.29, 1.82) is 0 Å². The highest BCUT2D eigenvalue weighted by atomic mass is 19.1. The van der Waals surface area contributed by atoms with Crippen LogP contribution in [0.2, 0.25) is 0 Å². The van der Waals surface area contributed by atoms with Gasteiger partial charge in [0.25, 0.3) is 5.56 Å². The summed E-state index contributed by atoms with van der Waals surface area (Å²) in [4.78, 5) is 32.7. The maximum atomic E-state index is 14.3. The van der Waals surface area contributed by atoms with E-state index in [1.165, 1.54) is 16.8 Å². The van der Waals surface area contributed by atoms with E-state index in [4.69, 9.17) is 9.47 Å². The van der Waals surface area contributed by atoms with Crippen LogP contribution in [0.3, 0.4) is 0 Å². The molecule has 0 bridgehead atoms. The van der Waals surface area contributed by atoms with Gasteiger partial charge in [-0.1, -0.05) is 18.2 Å². The average molecular weight is 513 g/mol. The molecule has 3 heterocycles. The Balaban J connectivity index is 1.78. The number of aromatic amines is 1. The van der Waals surface area contributed by atoms with Gasteiger partial charge in [0.15, 0.2) is 11.5 Å². The van der Waals surface area contributed by atoms with E-state index in [2.05, 4.69) is 25.3 Å². The lowest BCUT2D eigenvalue weighted by Gasteiger charge is -2.25. The van der Waals surface area contributed by atoms with Crippen molar-refractivity contribution in [2.75, 3.05) is 19.8 Å². The van der Waals surface area contributed by atoms with E-state index < -0.39 is 28.6 Å². The van der Waals surface area contributed by atoms with Gasteiger partial charge >= 0.3 is 5.97 Å². The molecule has 1 N–H and O–H groups in total. The number of nitrogens with zero attached hydrogens (tertiary/aromatic N) is 5. The predicted molar refractivity (Wildman–Crippen MR) is 130 cm³/mol. The maximum Gasteiger partial charge on any atom is 0.318 e. The summed E-state index contributed by atoms with van der Waals surface area (Å²) in [5.41, 5.74) is -1.53. The molecular formula is C25H26F2N6O4. The van der Waals surface area contributed by atoms with Gasteiger partial charge in [-0.05, 0) is 39.3 Å². The first-order chi connectivity index (χ1) is 17.8. The summed E-state index contributed by atoms with van der Waals surface area (Å²) in [7, 11) is 0. The maximum absolute atomic E-state index is 14.3. The van der Waals surface area contributed by atoms with Crippen molar-refractivity contribution in [3.05, 3.63) is 69.8 Å². The Morgan fingerprint density at radius 1 is 1.16 bits per heavy atom. The summed E-state index contributed by atoms with van der Waals surface area (Å²) < 4.78 is 40.3. The van der Waals surface area contributed by atoms with Crippen LogP contribution in [0.25, 0.3) is 22.6 Å². The number of hydrogen-bond donors (Lipinski definition) is 1. The number of H-pyrrole nitrogens is 1. The molecule has 37 heavy (non-hydrogen) atoms. The Bertz CT molecular complexity index is 1490. The normalized spacial score (nSPS) is 13.0. The fourth-order valence-electron chi connectivity index (χ4n) is 3.94. The average Bonchev–Trinajstić information content (AvgIpc) is 3.22. The first-order valence-electron chi connectivity index (χ1n) is 11.8. The van der Waals surface area contributed by atoms with E-state index in [0.717, 1.165) is 6.20 Å². The highest BCUT2D eigenvalue weighted by molar-refractivity contribution is 5.89. The smallest absolute Gasteiger partial charge is 0.318 e. The number of benzene rings is 1. The number of carbonyl (C=O) groups is 1. The van der Waals surface area contributed by atoms with Crippen LogP contribution in [0.4, 0.5) is 8.78 Å². The summed E-state index contributed by atoms with van der Waals surface area (Å²) >= 11 is 0. The van der Waals surface area contributed by atoms with Crippen molar-refractivity contribution in [3.63, 3.8) is 0 Å². The third kappa shape index (κ3) is 5.24. The van der Waals surface area contributed by atoms with Gasteiger partial charge in [0.2, 0.25) is 0 Å². The molecule has 194 valence electrons. The van der Waals surface area contributed by atoms with Crippen LogP contribution in [0, 0.1) is 11.6 Å². The van der Waals surface area contributed by atoms with Crippen molar-refractivity contribution >= 4 is 17.0 Å². The molecule has 0 amide bonds. The predicted octanol–water partition coefficient (Wildman–Crippen LogP) is 3.15. The zero-order chi connectivity index (χ0) is 26.6. The van der Waals surface area contributed by atoms with Gasteiger partial charge in [-0.15, -0.1) is 10.2 Å². The van der Waals surface area contributed by atoms with E-state index in [1.807, 2.05) is 6.92 Å². The molecule has 4 rings (SSSR count). The number of aromatic nitrogens is 6. The molecule has 0 aliphatic rings. The summed E-state index contributed by atoms with van der Waals surface area (Å²) in [6.07, 6.45) is 1.17. The van der Waals surface area contributed by atoms with Gasteiger partial charge in [-0.25, -0.2) is 18.4 Å². The van der Waals surface area contributed by atoms with E-state index in [9.17, 15) is 18.4 Å². The molecular weight excluding hydrogens is 486 g/mol. The number of carbonyl (C=O) groups excluding carboxylic acids is 1. The summed E-state index contributed by atoms with van der Waals surface area (Å²) in [6, 6.07) is 7.37. The molecule has 3 aromatic heterocycles. The second kappa shape index (κ2) is 10.9. The molecule has 0 saturated carbocycles. The number of pyridine rings is 1. The molecule has 0 aliphatic carbocycles. The number of hydrogen-bond acceptors (Lipinski definition) is 8. The highest BCUT2D eigenvalue weighted by Crippen LogP contribution is 2.28. The number of ether oxygens (including phenoxy) is 2. The fraction of sp³-hybridized carbons (Fsp3) is 0.360. The van der Waals surface area contributed by atoms with Gasteiger partial charge in [0, 0.05) is 18.8 Å². The van der Waals surface area contributed by atoms with Crippen LogP contribution in [-0.2, 0) is 26.2 Å². The van der Waals surface area contributed by atoms with Gasteiger partial charge < -0.3 is 14.5 Å². The molecule has 0 spiro atoms. The molecule has 1 aromatic carbocycles. The minimum absolute atomic E-state index is 0.00983. The molecule has 12 heteroatoms. The Kier molecular flexibility index (Phi) is 7.67. The molecule has 0 radical (unpaired) electrons. The Labute approximate surface area is 210 Å². The lowest BCUT2D eigenvalue weighted by molar-refractivity contribution is -0.150. The van der Waals surface area contributed by atoms with Crippen molar-refractivity contribution in [2.45, 2.75) is 39.2 Å². The van der Waals surface area contributed by atoms with Crippen molar-refractivity contribution in [3.8, 4) is 11.5 Å². The molecule has 0 saturated heterocycles. The van der Waals surface area contributed by atoms with E-state index >= 15 is 0 Å². The highest BCUT2D eigenvalue weighted by Gasteiger charge is 2.41. The van der Waals surface area contributed by atoms with Crippen LogP contribution >= 0.6 is 0 Å². The molecule has 4 aromatic rings. The quantitative estimate of drug-likeness (QED) is 0.254. The van der Waals surface area contributed by atoms with E-state index in [-0.39, 0.29) is 54.4 Å². The van der Waals surface area contributed by atoms with Crippen molar-refractivity contribution < 1.29 is 23.0 Å². The molecule has 10 nitrogen and oxygen atoms in total. The van der Waals surface area contributed by atoms with Gasteiger partial charge in [-0.3, -0.25) is 9.59 Å². The Morgan fingerprint density at radius 2 is 1.95 bits per heavy atom. The van der Waals surface area contributed by atoms with E-state index in [0.29, 0.717) is 12.2 Å². The molecule has 0 aliphatic heterocycles. The third-order valence-electron chi connectivity index (χ3n) is 5.95. The first-order valence-corrected chi connectivity index (χ1v) is 11.8. The fourth-order valence-corrected chi connectivity index (χ4v) is 3.94. The number of rotatable bonds is 10. The van der Waals surface area contributed by atoms with Crippen LogP contribution in [0.5, 0.6) is 0 Å². The largest absolute Gasteiger partial charge is 0.465 e. The SMILES string of the molecule is CCOCCC(C)(C(=O)OCC)c1nnc(-c2nn(Cc3ccccc3F)c3ncc(F)cc23)[nH]c1=O. The minimum atomic E-state index is -1.41. The summed E-state index contributed by atoms with van der Waals surface area (Å²) in [5, 5.41) is 12.9. The second-order valence-corrected chi connectivity index (χ2v) is 8.47. The number of nitrogens with one attached hydrogen (secondary N) is 1. The standard InChI is InChI=1S/C25H26F2N6O4/c1-4-36-11-10-25(3,24(35)37-5-2)20-23(34)29-21(31-30-20)19-17-12-16(26)13-28-22(17)33(32-19)14-15-8-6-7-9-18(15)27/h6-9,12-13H,4-5,10-11,14H2,1-3H3,(H,29,31,34). The number of halogens is 2. The van der Waals surface area contributed by atoms with E-state index in [1.54, 1.807) is 32.0 Å². The molecule has 1 unspecified atom stereocenters. The Hall–Kier alpha value is -4.06. The van der Waals surface area contributed by atoms with Crippen LogP contribution in [0.1, 0.15) is 38.4 Å². The van der Waals surface area contributed by atoms with Crippen LogP contribution in [0.15, 0.2) is 41.3 Å². The van der Waals surface area contributed by atoms with Gasteiger partial charge in [-0.2, -0.15) is 5.10 Å². The first kappa shape index (κ1) is 26.0. The number of fused-ring (bicyclic) bond motifs is 1. The lowest BCUT2D eigenvalue weighted by Crippen LogP contribution is -2.42. The minimum Gasteiger partial charge on any atom is -0.465 e. The van der Waals surface area contributed by atoms with Crippen molar-refractivity contribution in [2.24, 2.45) is 0 Å². The van der Waals surface area contributed by atoms with Gasteiger partial charge in [0.1, 0.15) is 28.4 Å². The second-order valence-electron chi connectivity index (χ2n) is 8.47. The third-order valence-corrected chi connectivity index (χ3v) is 5.95. The van der Waals surface area contributed by atoms with Crippen molar-refractivity contribution in [1.82, 2.24) is 29.9 Å². The topological polar surface area (TPSA) is 125 Å². The summed E-state index contributed by atoms with van der Waals surface area (Å²) in [5.74, 6) is -1.75. The summed E-state index contributed by atoms with van der Waals surface area (Å²) in [6.45, 7) is 5.79. The molecule has 1 atom stereocenters. The van der Waals surface area contributed by atoms with Crippen LogP contribution in [-0.4, -0.2) is 55.7 Å². The monoisotopic (exact) mass is 512 g/mol. The zero-order valence-electron chi connectivity index (χ0n) is 20.6. The molecule has 0 fully saturated rings. The van der Waals surface area contributed by atoms with Gasteiger partial charge in [0.05, 0.1) is 24.7 Å².